The molecular formula is C10H20O5. The maximum Gasteiger partial charge on any atom is 0.183 e. The molecule has 1 aliphatic rings. The van der Waals surface area contributed by atoms with E-state index in [9.17, 15) is 20.4 Å². The first kappa shape index (κ1) is 12.9. The molecule has 0 saturated carbocycles. The number of ether oxygens (including phenoxy) is 1. The predicted octanol–water partition coefficient (Wildman–Crippen LogP) is -0.633. The fourth-order valence-electron chi connectivity index (χ4n) is 1.77. The molecule has 5 nitrogen and oxygen atoms in total. The van der Waals surface area contributed by atoms with E-state index < -0.39 is 30.7 Å². The van der Waals surface area contributed by atoms with Crippen LogP contribution in [0.4, 0.5) is 0 Å². The number of aliphatic hydroxyl groups excluding tert-OH is 4. The third-order valence-electron chi connectivity index (χ3n) is 2.78. The Hall–Kier alpha value is -0.200. The van der Waals surface area contributed by atoms with Crippen LogP contribution in [0, 0.1) is 0 Å². The summed E-state index contributed by atoms with van der Waals surface area (Å²) in [5.41, 5.74) is 0. The van der Waals surface area contributed by atoms with Crippen LogP contribution >= 0.6 is 0 Å². The molecule has 0 unspecified atom stereocenters. The van der Waals surface area contributed by atoms with Gasteiger partial charge in [0.15, 0.2) is 6.29 Å². The van der Waals surface area contributed by atoms with E-state index in [-0.39, 0.29) is 0 Å². The SMILES string of the molecule is CCCCC[C@@H]1O[C@@H](O)[C@@H](O)[C@H](O)[C@@H]1O. The van der Waals surface area contributed by atoms with E-state index in [1.165, 1.54) is 0 Å². The van der Waals surface area contributed by atoms with Crippen LogP contribution in [0.15, 0.2) is 0 Å². The third-order valence-corrected chi connectivity index (χ3v) is 2.78. The summed E-state index contributed by atoms with van der Waals surface area (Å²) in [4.78, 5) is 0. The summed E-state index contributed by atoms with van der Waals surface area (Å²) in [5, 5.41) is 37.5. The molecule has 1 rings (SSSR count). The second-order valence-electron chi connectivity index (χ2n) is 4.03. The Labute approximate surface area is 89.3 Å². The molecule has 0 aliphatic carbocycles. The first-order valence-electron chi connectivity index (χ1n) is 5.45. The molecule has 4 N–H and O–H groups in total. The van der Waals surface area contributed by atoms with Crippen LogP contribution < -0.4 is 0 Å². The summed E-state index contributed by atoms with van der Waals surface area (Å²) in [5.74, 6) is 0. The van der Waals surface area contributed by atoms with Crippen LogP contribution in [0.5, 0.6) is 0 Å². The molecule has 1 fully saturated rings. The van der Waals surface area contributed by atoms with Gasteiger partial charge in [-0.15, -0.1) is 0 Å². The molecule has 1 aliphatic heterocycles. The molecular weight excluding hydrogens is 200 g/mol. The molecule has 0 bridgehead atoms. The summed E-state index contributed by atoms with van der Waals surface area (Å²) in [6.07, 6.45) is -2.37. The molecule has 0 radical (unpaired) electrons. The number of rotatable bonds is 4. The van der Waals surface area contributed by atoms with Crippen LogP contribution in [0.25, 0.3) is 0 Å². The van der Waals surface area contributed by atoms with E-state index in [4.69, 9.17) is 4.74 Å². The molecule has 90 valence electrons. The minimum Gasteiger partial charge on any atom is -0.388 e. The van der Waals surface area contributed by atoms with Crippen LogP contribution in [0.1, 0.15) is 32.6 Å². The maximum atomic E-state index is 9.58. The lowest BCUT2D eigenvalue weighted by atomic mass is 9.95. The summed E-state index contributed by atoms with van der Waals surface area (Å²) in [6.45, 7) is 2.06. The van der Waals surface area contributed by atoms with Crippen molar-refractivity contribution in [2.45, 2.75) is 63.3 Å². The zero-order chi connectivity index (χ0) is 11.4. The van der Waals surface area contributed by atoms with E-state index >= 15 is 0 Å². The lowest BCUT2D eigenvalue weighted by molar-refractivity contribution is -0.282. The zero-order valence-corrected chi connectivity index (χ0v) is 8.91. The van der Waals surface area contributed by atoms with Gasteiger partial charge in [-0.05, 0) is 6.42 Å². The van der Waals surface area contributed by atoms with Crippen molar-refractivity contribution in [3.8, 4) is 0 Å². The minimum absolute atomic E-state index is 0.579. The molecule has 0 aromatic rings. The molecule has 15 heavy (non-hydrogen) atoms. The van der Waals surface area contributed by atoms with Crippen molar-refractivity contribution in [3.63, 3.8) is 0 Å². The molecule has 0 aromatic carbocycles. The standard InChI is InChI=1S/C10H20O5/c1-2-3-4-5-6-7(11)8(12)9(13)10(14)15-6/h6-14H,2-5H2,1H3/t6-,7+,8+,9-,10+/m0/s1. The summed E-state index contributed by atoms with van der Waals surface area (Å²) in [6, 6.07) is 0. The highest BCUT2D eigenvalue weighted by Gasteiger charge is 2.42. The lowest BCUT2D eigenvalue weighted by Gasteiger charge is -2.38. The average Bonchev–Trinajstić information content (AvgIpc) is 2.23. The fraction of sp³-hybridized carbons (Fsp3) is 1.00. The van der Waals surface area contributed by atoms with Gasteiger partial charge in [0.05, 0.1) is 6.10 Å². The van der Waals surface area contributed by atoms with Gasteiger partial charge in [0.25, 0.3) is 0 Å². The average molecular weight is 220 g/mol. The maximum absolute atomic E-state index is 9.58. The second kappa shape index (κ2) is 5.77. The Morgan fingerprint density at radius 1 is 0.933 bits per heavy atom. The lowest BCUT2D eigenvalue weighted by Crippen LogP contribution is -2.57. The Morgan fingerprint density at radius 2 is 1.60 bits per heavy atom. The van der Waals surface area contributed by atoms with Gasteiger partial charge >= 0.3 is 0 Å². The number of aliphatic hydroxyl groups is 4. The Kier molecular flexibility index (Phi) is 4.95. The second-order valence-corrected chi connectivity index (χ2v) is 4.03. The van der Waals surface area contributed by atoms with Gasteiger partial charge in [-0.1, -0.05) is 26.2 Å². The topological polar surface area (TPSA) is 90.2 Å². The summed E-state index contributed by atoms with van der Waals surface area (Å²) < 4.78 is 5.02. The number of hydrogen-bond acceptors (Lipinski definition) is 5. The Balaban J connectivity index is 2.43. The Bertz CT molecular complexity index is 187. The first-order valence-corrected chi connectivity index (χ1v) is 5.45. The normalized spacial score (nSPS) is 41.8. The van der Waals surface area contributed by atoms with E-state index in [2.05, 4.69) is 6.92 Å². The fourth-order valence-corrected chi connectivity index (χ4v) is 1.77. The van der Waals surface area contributed by atoms with Crippen molar-refractivity contribution in [2.24, 2.45) is 0 Å². The van der Waals surface area contributed by atoms with E-state index in [1.807, 2.05) is 0 Å². The zero-order valence-electron chi connectivity index (χ0n) is 8.91. The molecule has 0 spiro atoms. The van der Waals surface area contributed by atoms with E-state index in [0.717, 1.165) is 19.3 Å². The van der Waals surface area contributed by atoms with Crippen molar-refractivity contribution in [1.29, 1.82) is 0 Å². The summed E-state index contributed by atoms with van der Waals surface area (Å²) >= 11 is 0. The molecule has 5 heteroatoms. The number of unbranched alkanes of at least 4 members (excludes halogenated alkanes) is 2. The van der Waals surface area contributed by atoms with Crippen molar-refractivity contribution in [1.82, 2.24) is 0 Å². The number of hydrogen-bond donors (Lipinski definition) is 4. The van der Waals surface area contributed by atoms with Crippen molar-refractivity contribution in [2.75, 3.05) is 0 Å². The molecule has 1 heterocycles. The first-order chi connectivity index (χ1) is 7.07. The monoisotopic (exact) mass is 220 g/mol. The predicted molar refractivity (Wildman–Crippen MR) is 53.0 cm³/mol. The highest BCUT2D eigenvalue weighted by Crippen LogP contribution is 2.23. The van der Waals surface area contributed by atoms with Crippen molar-refractivity contribution in [3.05, 3.63) is 0 Å². The van der Waals surface area contributed by atoms with Gasteiger partial charge in [0, 0.05) is 0 Å². The van der Waals surface area contributed by atoms with Gasteiger partial charge in [-0.25, -0.2) is 0 Å². The highest BCUT2D eigenvalue weighted by atomic mass is 16.6. The molecule has 0 aromatic heterocycles. The summed E-state index contributed by atoms with van der Waals surface area (Å²) in [7, 11) is 0. The van der Waals surface area contributed by atoms with Crippen LogP contribution in [-0.4, -0.2) is 51.1 Å². The van der Waals surface area contributed by atoms with E-state index in [0.29, 0.717) is 6.42 Å². The highest BCUT2D eigenvalue weighted by molar-refractivity contribution is 4.88. The third kappa shape index (κ3) is 3.12. The smallest absolute Gasteiger partial charge is 0.183 e. The van der Waals surface area contributed by atoms with Gasteiger partial charge in [0.2, 0.25) is 0 Å². The van der Waals surface area contributed by atoms with Gasteiger partial charge < -0.3 is 25.2 Å². The quantitative estimate of drug-likeness (QED) is 0.473. The molecule has 0 amide bonds. The largest absolute Gasteiger partial charge is 0.388 e. The van der Waals surface area contributed by atoms with Crippen LogP contribution in [0.3, 0.4) is 0 Å². The molecule has 5 atom stereocenters. The minimum atomic E-state index is -1.43. The van der Waals surface area contributed by atoms with Crippen molar-refractivity contribution >= 4 is 0 Å². The van der Waals surface area contributed by atoms with Gasteiger partial charge in [-0.3, -0.25) is 0 Å². The Morgan fingerprint density at radius 3 is 2.20 bits per heavy atom. The van der Waals surface area contributed by atoms with E-state index in [1.54, 1.807) is 0 Å². The van der Waals surface area contributed by atoms with Crippen molar-refractivity contribution < 1.29 is 25.2 Å². The van der Waals surface area contributed by atoms with Crippen LogP contribution in [-0.2, 0) is 4.74 Å². The molecule has 1 saturated heterocycles. The van der Waals surface area contributed by atoms with Crippen LogP contribution in [0.2, 0.25) is 0 Å². The van der Waals surface area contributed by atoms with Gasteiger partial charge in [0.1, 0.15) is 18.3 Å². The van der Waals surface area contributed by atoms with Gasteiger partial charge in [-0.2, -0.15) is 0 Å².